The Balaban J connectivity index is 1.23. The van der Waals surface area contributed by atoms with E-state index in [0.29, 0.717) is 20.7 Å². The lowest BCUT2D eigenvalue weighted by atomic mass is 10.0. The van der Waals surface area contributed by atoms with Crippen molar-refractivity contribution in [2.24, 2.45) is 0 Å². The standard InChI is InChI=1S/C42H40F4N8O8S/c1-51(31-9-11-39(61-3)47-21-31)41(57)33(17-25-13-27(43)19-28(44)14-25)49-37(55)23-53-35-7-5-6-8-36(35)54(63(53,59)60)24-38(56)50-34(18-26-15-29(45)20-30(46)16-26)42(58)52(2)32-10-12-40(62-4)48-22-32/h5-16,19-22,33-34H,17-18,23-24H2,1-4H3,(H,49,55)(H,50,56). The first-order chi connectivity index (χ1) is 30.0. The lowest BCUT2D eigenvalue weighted by Gasteiger charge is -2.27. The summed E-state index contributed by atoms with van der Waals surface area (Å²) in [7, 11) is 0.810. The fraction of sp³-hybridized carbons (Fsp3) is 0.238. The Morgan fingerprint density at radius 2 is 0.984 bits per heavy atom. The zero-order valence-corrected chi connectivity index (χ0v) is 34.9. The van der Waals surface area contributed by atoms with Crippen molar-refractivity contribution >= 4 is 56.6 Å². The molecule has 0 spiro atoms. The van der Waals surface area contributed by atoms with E-state index in [2.05, 4.69) is 20.6 Å². The van der Waals surface area contributed by atoms with Crippen LogP contribution < -0.4 is 38.5 Å². The van der Waals surface area contributed by atoms with Crippen LogP contribution in [0, 0.1) is 23.3 Å². The quantitative estimate of drug-likeness (QED) is 0.139. The van der Waals surface area contributed by atoms with Gasteiger partial charge >= 0.3 is 10.2 Å². The average Bonchev–Trinajstić information content (AvgIpc) is 3.45. The number of nitrogens with one attached hydrogen (secondary N) is 2. The Bertz CT molecular complexity index is 2410. The summed E-state index contributed by atoms with van der Waals surface area (Å²) in [6.45, 7) is -1.83. The van der Waals surface area contributed by atoms with Crippen LogP contribution in [0.15, 0.2) is 97.3 Å². The van der Waals surface area contributed by atoms with Gasteiger partial charge in [0.2, 0.25) is 35.4 Å². The van der Waals surface area contributed by atoms with Crippen molar-refractivity contribution in [1.82, 2.24) is 20.6 Å². The number of carbonyl (C=O) groups excluding carboxylic acids is 4. The molecule has 3 aromatic carbocycles. The fourth-order valence-electron chi connectivity index (χ4n) is 6.76. The molecule has 0 saturated heterocycles. The summed E-state index contributed by atoms with van der Waals surface area (Å²) in [5.74, 6) is -6.72. The van der Waals surface area contributed by atoms with Gasteiger partial charge in [-0.15, -0.1) is 0 Å². The van der Waals surface area contributed by atoms with Crippen LogP contribution in [0.5, 0.6) is 11.8 Å². The highest BCUT2D eigenvalue weighted by Gasteiger charge is 2.43. The number of likely N-dealkylation sites (N-methyl/N-ethyl adjacent to an activating group) is 2. The van der Waals surface area contributed by atoms with Gasteiger partial charge < -0.3 is 29.9 Å². The van der Waals surface area contributed by atoms with Gasteiger partial charge in [-0.1, -0.05) is 12.1 Å². The molecule has 63 heavy (non-hydrogen) atoms. The molecule has 6 rings (SSSR count). The Morgan fingerprint density at radius 3 is 1.30 bits per heavy atom. The molecule has 4 amide bonds. The van der Waals surface area contributed by atoms with E-state index < -0.39 is 95.1 Å². The van der Waals surface area contributed by atoms with E-state index in [0.717, 1.165) is 34.1 Å². The number of carbonyl (C=O) groups is 4. The topological polar surface area (TPSA) is 184 Å². The maximum Gasteiger partial charge on any atom is 0.327 e. The number of methoxy groups -OCH3 is 2. The van der Waals surface area contributed by atoms with Crippen molar-refractivity contribution in [3.8, 4) is 11.8 Å². The van der Waals surface area contributed by atoms with E-state index in [1.165, 1.54) is 89.2 Å². The smallest absolute Gasteiger partial charge is 0.327 e. The molecule has 0 aliphatic carbocycles. The molecule has 0 fully saturated rings. The molecule has 5 aromatic rings. The van der Waals surface area contributed by atoms with Crippen molar-refractivity contribution in [1.29, 1.82) is 0 Å². The molecule has 2 aromatic heterocycles. The second-order valence-electron chi connectivity index (χ2n) is 14.1. The molecule has 2 atom stereocenters. The maximum atomic E-state index is 14.2. The Labute approximate surface area is 359 Å². The van der Waals surface area contributed by atoms with Crippen LogP contribution in [0.2, 0.25) is 0 Å². The first-order valence-corrected chi connectivity index (χ1v) is 20.3. The normalized spacial score (nSPS) is 13.7. The van der Waals surface area contributed by atoms with E-state index in [1.807, 2.05) is 0 Å². The van der Waals surface area contributed by atoms with Crippen LogP contribution in [0.1, 0.15) is 11.1 Å². The lowest BCUT2D eigenvalue weighted by Crippen LogP contribution is -2.53. The highest BCUT2D eigenvalue weighted by Crippen LogP contribution is 2.40. The largest absolute Gasteiger partial charge is 0.481 e. The number of benzene rings is 3. The summed E-state index contributed by atoms with van der Waals surface area (Å²) < 4.78 is 96.9. The SMILES string of the molecule is COc1ccc(N(C)C(=O)C(Cc2cc(F)cc(F)c2)NC(=O)CN2c3ccccc3N(CC(=O)NC(Cc3cc(F)cc(F)c3)C(=O)N(C)c3ccc(OC)nc3)S2(=O)=O)cn1. The number of halogens is 4. The van der Waals surface area contributed by atoms with Crippen molar-refractivity contribution in [3.05, 3.63) is 132 Å². The van der Waals surface area contributed by atoms with E-state index in [4.69, 9.17) is 9.47 Å². The molecule has 0 saturated carbocycles. The van der Waals surface area contributed by atoms with Crippen LogP contribution in [0.3, 0.4) is 0 Å². The Morgan fingerprint density at radius 1 is 0.619 bits per heavy atom. The Hall–Kier alpha value is -7.29. The van der Waals surface area contributed by atoms with E-state index >= 15 is 0 Å². The average molecular weight is 893 g/mol. The second-order valence-corrected chi connectivity index (χ2v) is 15.9. The number of nitrogens with zero attached hydrogens (tertiary/aromatic N) is 6. The first-order valence-electron chi connectivity index (χ1n) is 18.9. The van der Waals surface area contributed by atoms with Crippen molar-refractivity contribution in [2.75, 3.05) is 59.8 Å². The highest BCUT2D eigenvalue weighted by molar-refractivity contribution is 7.94. The van der Waals surface area contributed by atoms with Crippen molar-refractivity contribution in [3.63, 3.8) is 0 Å². The molecule has 1 aliphatic rings. The summed E-state index contributed by atoms with van der Waals surface area (Å²) in [6.07, 6.45) is 1.84. The molecule has 2 unspecified atom stereocenters. The lowest BCUT2D eigenvalue weighted by molar-refractivity contribution is -0.126. The number of para-hydroxylation sites is 2. The van der Waals surface area contributed by atoms with Gasteiger partial charge in [-0.3, -0.25) is 19.2 Å². The number of rotatable bonds is 16. The minimum Gasteiger partial charge on any atom is -0.481 e. The van der Waals surface area contributed by atoms with Crippen molar-refractivity contribution < 1.29 is 54.6 Å². The number of anilines is 4. The fourth-order valence-corrected chi connectivity index (χ4v) is 8.37. The van der Waals surface area contributed by atoms with Crippen molar-refractivity contribution in [2.45, 2.75) is 24.9 Å². The van der Waals surface area contributed by atoms with E-state index in [1.54, 1.807) is 0 Å². The van der Waals surface area contributed by atoms with Gasteiger partial charge in [0, 0.05) is 51.2 Å². The molecule has 16 nitrogen and oxygen atoms in total. The zero-order chi connectivity index (χ0) is 45.6. The molecule has 2 N–H and O–H groups in total. The monoisotopic (exact) mass is 892 g/mol. The third-order valence-corrected chi connectivity index (χ3v) is 11.6. The van der Waals surface area contributed by atoms with Gasteiger partial charge in [-0.25, -0.2) is 36.1 Å². The minimum atomic E-state index is -4.75. The van der Waals surface area contributed by atoms with Crippen LogP contribution in [-0.4, -0.2) is 95.5 Å². The predicted octanol–water partition coefficient (Wildman–Crippen LogP) is 3.70. The maximum absolute atomic E-state index is 14.2. The molecule has 1 aliphatic heterocycles. The second kappa shape index (κ2) is 19.2. The van der Waals surface area contributed by atoms with E-state index in [9.17, 15) is 45.2 Å². The van der Waals surface area contributed by atoms with Gasteiger partial charge in [-0.05, 0) is 59.7 Å². The van der Waals surface area contributed by atoms with Gasteiger partial charge in [0.05, 0.1) is 49.4 Å². The predicted molar refractivity (Wildman–Crippen MR) is 222 cm³/mol. The Kier molecular flexibility index (Phi) is 13.8. The van der Waals surface area contributed by atoms with Crippen LogP contribution >= 0.6 is 0 Å². The van der Waals surface area contributed by atoms with Crippen LogP contribution in [0.4, 0.5) is 40.3 Å². The van der Waals surface area contributed by atoms with Crippen LogP contribution in [-0.2, 0) is 42.2 Å². The number of hydrogen-bond acceptors (Lipinski definition) is 10. The molecule has 3 heterocycles. The molecule has 0 bridgehead atoms. The van der Waals surface area contributed by atoms with Gasteiger partial charge in [0.25, 0.3) is 0 Å². The van der Waals surface area contributed by atoms with Gasteiger partial charge in [-0.2, -0.15) is 8.42 Å². The van der Waals surface area contributed by atoms with Crippen LogP contribution in [0.25, 0.3) is 0 Å². The zero-order valence-electron chi connectivity index (χ0n) is 34.1. The molecular weight excluding hydrogens is 853 g/mol. The summed E-state index contributed by atoms with van der Waals surface area (Å²) in [6, 6.07) is 14.0. The summed E-state index contributed by atoms with van der Waals surface area (Å²) in [5.41, 5.74) is 0.515. The highest BCUT2D eigenvalue weighted by atomic mass is 32.2. The number of amides is 4. The number of fused-ring (bicyclic) bond motifs is 1. The molecule has 0 radical (unpaired) electrons. The van der Waals surface area contributed by atoms with E-state index in [-0.39, 0.29) is 45.6 Å². The third kappa shape index (κ3) is 10.6. The molecule has 330 valence electrons. The first kappa shape index (κ1) is 45.2. The minimum absolute atomic E-state index is 0.00918. The summed E-state index contributed by atoms with van der Waals surface area (Å²) in [5, 5.41) is 5.00. The molecular formula is C42H40F4N8O8S. The number of hydrogen-bond donors (Lipinski definition) is 2. The molecule has 21 heteroatoms. The number of pyridine rings is 2. The van der Waals surface area contributed by atoms with Gasteiger partial charge in [0.15, 0.2) is 0 Å². The summed E-state index contributed by atoms with van der Waals surface area (Å²) in [4.78, 5) is 65.8. The number of ether oxygens (including phenoxy) is 2. The van der Waals surface area contributed by atoms with Gasteiger partial charge in [0.1, 0.15) is 48.4 Å². The number of aromatic nitrogens is 2. The third-order valence-electron chi connectivity index (χ3n) is 9.84. The summed E-state index contributed by atoms with van der Waals surface area (Å²) >= 11 is 0.